The molecule has 0 saturated carbocycles. The number of carbonyl (C=O) groups is 2. The molecule has 0 spiro atoms. The Labute approximate surface area is 105 Å². The van der Waals surface area contributed by atoms with Crippen molar-refractivity contribution < 1.29 is 19.8 Å². The molecule has 1 rings (SSSR count). The zero-order valence-corrected chi connectivity index (χ0v) is 10.3. The molecule has 98 valence electrons. The summed E-state index contributed by atoms with van der Waals surface area (Å²) in [6.07, 6.45) is 1.81. The van der Waals surface area contributed by atoms with Crippen LogP contribution in [0.25, 0.3) is 0 Å². The van der Waals surface area contributed by atoms with Gasteiger partial charge in [-0.15, -0.1) is 0 Å². The second kappa shape index (κ2) is 6.00. The van der Waals surface area contributed by atoms with Gasteiger partial charge in [-0.25, -0.2) is 14.6 Å². The second-order valence-corrected chi connectivity index (χ2v) is 4.37. The van der Waals surface area contributed by atoms with Gasteiger partial charge in [0.2, 0.25) is 0 Å². The van der Waals surface area contributed by atoms with Gasteiger partial charge < -0.3 is 15.5 Å². The van der Waals surface area contributed by atoms with Crippen LogP contribution in [0.1, 0.15) is 30.6 Å². The van der Waals surface area contributed by atoms with Crippen LogP contribution in [0, 0.1) is 5.92 Å². The Bertz CT molecular complexity index is 445. The topological polar surface area (TPSA) is 99.5 Å². The number of nitrogens with one attached hydrogen (secondary N) is 1. The van der Waals surface area contributed by atoms with Gasteiger partial charge in [-0.05, 0) is 24.5 Å². The van der Waals surface area contributed by atoms with Crippen LogP contribution in [-0.2, 0) is 4.79 Å². The van der Waals surface area contributed by atoms with Crippen LogP contribution in [0.15, 0.2) is 18.3 Å². The number of pyridine rings is 1. The standard InChI is InChI=1S/C12H16N2O4/c1-7(2)6-9(12(17)18)14-10-8(11(15)16)4-3-5-13-10/h3-5,7,9H,6H2,1-2H3,(H,13,14)(H,15,16)(H,17,18). The van der Waals surface area contributed by atoms with Crippen LogP contribution < -0.4 is 5.32 Å². The third-order valence-electron chi connectivity index (χ3n) is 2.35. The first-order valence-corrected chi connectivity index (χ1v) is 5.59. The van der Waals surface area contributed by atoms with Gasteiger partial charge in [-0.3, -0.25) is 0 Å². The van der Waals surface area contributed by atoms with Crippen molar-refractivity contribution in [3.05, 3.63) is 23.9 Å². The van der Waals surface area contributed by atoms with Gasteiger partial charge >= 0.3 is 11.9 Å². The highest BCUT2D eigenvalue weighted by molar-refractivity contribution is 5.93. The lowest BCUT2D eigenvalue weighted by atomic mass is 10.0. The number of hydrogen-bond acceptors (Lipinski definition) is 4. The average molecular weight is 252 g/mol. The molecule has 0 aliphatic rings. The Morgan fingerprint density at radius 3 is 2.56 bits per heavy atom. The highest BCUT2D eigenvalue weighted by Gasteiger charge is 2.21. The summed E-state index contributed by atoms with van der Waals surface area (Å²) in [5.41, 5.74) is -0.0347. The smallest absolute Gasteiger partial charge is 0.339 e. The predicted molar refractivity (Wildman–Crippen MR) is 65.7 cm³/mol. The molecule has 1 aromatic heterocycles. The molecule has 6 heteroatoms. The molecule has 0 aliphatic carbocycles. The lowest BCUT2D eigenvalue weighted by Crippen LogP contribution is -2.31. The average Bonchev–Trinajstić information content (AvgIpc) is 2.27. The van der Waals surface area contributed by atoms with E-state index in [0.717, 1.165) is 0 Å². The zero-order chi connectivity index (χ0) is 13.7. The molecule has 0 amide bonds. The van der Waals surface area contributed by atoms with Crippen molar-refractivity contribution in [3.8, 4) is 0 Å². The van der Waals surface area contributed by atoms with Crippen LogP contribution in [0.2, 0.25) is 0 Å². The number of hydrogen-bond donors (Lipinski definition) is 3. The number of rotatable bonds is 6. The molecule has 0 bridgehead atoms. The predicted octanol–water partition coefficient (Wildman–Crippen LogP) is 1.69. The largest absolute Gasteiger partial charge is 0.480 e. The number of nitrogens with zero attached hydrogens (tertiary/aromatic N) is 1. The maximum atomic E-state index is 11.1. The first kappa shape index (κ1) is 14.0. The molecule has 0 fully saturated rings. The Balaban J connectivity index is 2.93. The van der Waals surface area contributed by atoms with E-state index >= 15 is 0 Å². The van der Waals surface area contributed by atoms with Gasteiger partial charge in [0.15, 0.2) is 0 Å². The molecular formula is C12H16N2O4. The van der Waals surface area contributed by atoms with Gasteiger partial charge in [-0.2, -0.15) is 0 Å². The third kappa shape index (κ3) is 3.73. The Hall–Kier alpha value is -2.11. The third-order valence-corrected chi connectivity index (χ3v) is 2.35. The summed E-state index contributed by atoms with van der Waals surface area (Å²) < 4.78 is 0. The van der Waals surface area contributed by atoms with Crippen molar-refractivity contribution in [2.75, 3.05) is 5.32 Å². The second-order valence-electron chi connectivity index (χ2n) is 4.37. The minimum absolute atomic E-state index is 0.0347. The summed E-state index contributed by atoms with van der Waals surface area (Å²) in [5.74, 6) is -1.90. The normalized spacial score (nSPS) is 12.2. The van der Waals surface area contributed by atoms with Crippen LogP contribution in [0.4, 0.5) is 5.82 Å². The van der Waals surface area contributed by atoms with E-state index in [-0.39, 0.29) is 17.3 Å². The summed E-state index contributed by atoms with van der Waals surface area (Å²) in [5, 5.41) is 20.7. The Morgan fingerprint density at radius 1 is 1.39 bits per heavy atom. The van der Waals surface area contributed by atoms with Gasteiger partial charge in [0, 0.05) is 6.20 Å². The summed E-state index contributed by atoms with van der Waals surface area (Å²) in [6.45, 7) is 3.79. The summed E-state index contributed by atoms with van der Waals surface area (Å²) >= 11 is 0. The molecule has 0 aliphatic heterocycles. The molecule has 0 radical (unpaired) electrons. The van der Waals surface area contributed by atoms with Crippen molar-refractivity contribution in [2.24, 2.45) is 5.92 Å². The molecule has 1 aromatic rings. The summed E-state index contributed by atoms with van der Waals surface area (Å²) in [6, 6.07) is 2.02. The SMILES string of the molecule is CC(C)CC(Nc1ncccc1C(=O)O)C(=O)O. The monoisotopic (exact) mass is 252 g/mol. The van der Waals surface area contributed by atoms with Crippen molar-refractivity contribution in [1.29, 1.82) is 0 Å². The molecule has 1 unspecified atom stereocenters. The molecule has 18 heavy (non-hydrogen) atoms. The molecule has 0 saturated heterocycles. The number of carboxylic acids is 2. The minimum Gasteiger partial charge on any atom is -0.480 e. The maximum absolute atomic E-state index is 11.1. The first-order valence-electron chi connectivity index (χ1n) is 5.59. The van der Waals surface area contributed by atoms with Crippen molar-refractivity contribution in [3.63, 3.8) is 0 Å². The van der Waals surface area contributed by atoms with Gasteiger partial charge in [0.25, 0.3) is 0 Å². The zero-order valence-electron chi connectivity index (χ0n) is 10.3. The number of aromatic carboxylic acids is 1. The lowest BCUT2D eigenvalue weighted by Gasteiger charge is -2.17. The van der Waals surface area contributed by atoms with E-state index in [2.05, 4.69) is 10.3 Å². The number of anilines is 1. The van der Waals surface area contributed by atoms with Gasteiger partial charge in [-0.1, -0.05) is 13.8 Å². The van der Waals surface area contributed by atoms with E-state index in [1.807, 2.05) is 13.8 Å². The van der Waals surface area contributed by atoms with Gasteiger partial charge in [0.1, 0.15) is 17.4 Å². The van der Waals surface area contributed by atoms with E-state index in [0.29, 0.717) is 6.42 Å². The Morgan fingerprint density at radius 2 is 2.06 bits per heavy atom. The van der Waals surface area contributed by atoms with E-state index in [1.54, 1.807) is 0 Å². The van der Waals surface area contributed by atoms with Crippen LogP contribution >= 0.6 is 0 Å². The highest BCUT2D eigenvalue weighted by atomic mass is 16.4. The number of carboxylic acid groups (broad SMARTS) is 2. The van der Waals surface area contributed by atoms with Crippen LogP contribution in [0.3, 0.4) is 0 Å². The van der Waals surface area contributed by atoms with Crippen molar-refractivity contribution in [1.82, 2.24) is 4.98 Å². The van der Waals surface area contributed by atoms with Crippen LogP contribution in [-0.4, -0.2) is 33.2 Å². The minimum atomic E-state index is -1.14. The molecular weight excluding hydrogens is 236 g/mol. The van der Waals surface area contributed by atoms with E-state index in [4.69, 9.17) is 10.2 Å². The number of aliphatic carboxylic acids is 1. The summed E-state index contributed by atoms with van der Waals surface area (Å²) in [4.78, 5) is 25.9. The molecule has 0 aromatic carbocycles. The molecule has 3 N–H and O–H groups in total. The molecule has 6 nitrogen and oxygen atoms in total. The lowest BCUT2D eigenvalue weighted by molar-refractivity contribution is -0.138. The highest BCUT2D eigenvalue weighted by Crippen LogP contribution is 2.15. The van der Waals surface area contributed by atoms with Gasteiger partial charge in [0.05, 0.1) is 0 Å². The van der Waals surface area contributed by atoms with E-state index < -0.39 is 18.0 Å². The van der Waals surface area contributed by atoms with E-state index in [9.17, 15) is 9.59 Å². The fraction of sp³-hybridized carbons (Fsp3) is 0.417. The first-order chi connectivity index (χ1) is 8.41. The van der Waals surface area contributed by atoms with E-state index in [1.165, 1.54) is 18.3 Å². The Kier molecular flexibility index (Phi) is 4.65. The maximum Gasteiger partial charge on any atom is 0.339 e. The van der Waals surface area contributed by atoms with Crippen LogP contribution in [0.5, 0.6) is 0 Å². The van der Waals surface area contributed by atoms with Crippen molar-refractivity contribution >= 4 is 17.8 Å². The molecule has 1 atom stereocenters. The fourth-order valence-corrected chi connectivity index (χ4v) is 1.55. The summed E-state index contributed by atoms with van der Waals surface area (Å²) in [7, 11) is 0. The quantitative estimate of drug-likeness (QED) is 0.712. The van der Waals surface area contributed by atoms with Crippen molar-refractivity contribution in [2.45, 2.75) is 26.3 Å². The fourth-order valence-electron chi connectivity index (χ4n) is 1.55. The molecule has 1 heterocycles. The number of aromatic nitrogens is 1.